The lowest BCUT2D eigenvalue weighted by atomic mass is 9.79. The normalized spacial score (nSPS) is 26.6. The van der Waals surface area contributed by atoms with Gasteiger partial charge in [-0.3, -0.25) is 10.1 Å². The summed E-state index contributed by atoms with van der Waals surface area (Å²) in [5.74, 6) is -0.0224. The molecule has 0 aromatic rings. The molecule has 1 heterocycles. The van der Waals surface area contributed by atoms with Crippen LogP contribution in [0.15, 0.2) is 23.9 Å². The number of amides is 1. The monoisotopic (exact) mass is 350 g/mol. The molecule has 0 radical (unpaired) electrons. The van der Waals surface area contributed by atoms with Crippen LogP contribution in [0.5, 0.6) is 0 Å². The molecular formula is C19H30N2O4. The second kappa shape index (κ2) is 8.52. The maximum absolute atomic E-state index is 12.2. The number of esters is 1. The minimum atomic E-state index is -0.523. The number of alkyl carbamates (subject to hydrolysis) is 1. The summed E-state index contributed by atoms with van der Waals surface area (Å²) in [5, 5.41) is 6.23. The molecular weight excluding hydrogens is 320 g/mol. The Balaban J connectivity index is 1.93. The standard InChI is InChI=1S/C19H30N2O4/c1-5-24-17(22)15-7-6-12-20-16(15)13-8-10-14(11-9-13)21-18(23)25-19(2,3)4/h8,10-11,13,15-16,20H,5-7,9,12H2,1-4H3,(H,21,23)/t13-,15?,16?/m1/s1. The van der Waals surface area contributed by atoms with Gasteiger partial charge in [0.1, 0.15) is 5.60 Å². The highest BCUT2D eigenvalue weighted by molar-refractivity contribution is 5.73. The maximum atomic E-state index is 12.2. The van der Waals surface area contributed by atoms with Gasteiger partial charge < -0.3 is 14.8 Å². The van der Waals surface area contributed by atoms with Gasteiger partial charge in [-0.15, -0.1) is 0 Å². The number of hydrogen-bond donors (Lipinski definition) is 2. The summed E-state index contributed by atoms with van der Waals surface area (Å²) < 4.78 is 10.5. The molecule has 0 saturated carbocycles. The molecule has 1 aliphatic heterocycles. The molecule has 2 N–H and O–H groups in total. The minimum absolute atomic E-state index is 0.0726. The van der Waals surface area contributed by atoms with E-state index < -0.39 is 11.7 Å². The topological polar surface area (TPSA) is 76.7 Å². The van der Waals surface area contributed by atoms with Gasteiger partial charge in [-0.25, -0.2) is 4.79 Å². The van der Waals surface area contributed by atoms with Gasteiger partial charge in [-0.1, -0.05) is 12.2 Å². The fraction of sp³-hybridized carbons (Fsp3) is 0.684. The number of ether oxygens (including phenoxy) is 2. The van der Waals surface area contributed by atoms with Crippen molar-refractivity contribution in [2.24, 2.45) is 11.8 Å². The first-order valence-corrected chi connectivity index (χ1v) is 9.08. The first kappa shape index (κ1) is 19.5. The number of carbonyl (C=O) groups is 2. The van der Waals surface area contributed by atoms with Crippen molar-refractivity contribution in [1.82, 2.24) is 10.6 Å². The second-order valence-electron chi connectivity index (χ2n) is 7.53. The largest absolute Gasteiger partial charge is 0.466 e. The molecule has 140 valence electrons. The van der Waals surface area contributed by atoms with Crippen LogP contribution in [0, 0.1) is 11.8 Å². The van der Waals surface area contributed by atoms with E-state index >= 15 is 0 Å². The second-order valence-corrected chi connectivity index (χ2v) is 7.53. The first-order chi connectivity index (χ1) is 11.8. The Morgan fingerprint density at radius 3 is 2.72 bits per heavy atom. The summed E-state index contributed by atoms with van der Waals surface area (Å²) in [6, 6.07) is 0.0726. The Hall–Kier alpha value is -1.82. The van der Waals surface area contributed by atoms with Crippen LogP contribution in [-0.2, 0) is 14.3 Å². The van der Waals surface area contributed by atoms with Crippen LogP contribution in [0.2, 0.25) is 0 Å². The van der Waals surface area contributed by atoms with E-state index in [9.17, 15) is 9.59 Å². The number of piperidine rings is 1. The molecule has 0 spiro atoms. The molecule has 0 aromatic heterocycles. The van der Waals surface area contributed by atoms with Gasteiger partial charge in [0.2, 0.25) is 0 Å². The smallest absolute Gasteiger partial charge is 0.412 e. The number of hydrogen-bond acceptors (Lipinski definition) is 5. The van der Waals surface area contributed by atoms with E-state index in [2.05, 4.69) is 16.7 Å². The summed E-state index contributed by atoms with van der Waals surface area (Å²) in [7, 11) is 0. The molecule has 0 aromatic carbocycles. The molecule has 0 bridgehead atoms. The third-order valence-electron chi connectivity index (χ3n) is 4.33. The summed E-state index contributed by atoms with van der Waals surface area (Å²) >= 11 is 0. The van der Waals surface area contributed by atoms with E-state index in [1.807, 2.05) is 39.8 Å². The van der Waals surface area contributed by atoms with E-state index in [0.717, 1.165) is 31.5 Å². The summed E-state index contributed by atoms with van der Waals surface area (Å²) in [4.78, 5) is 24.1. The van der Waals surface area contributed by atoms with Crippen molar-refractivity contribution in [2.75, 3.05) is 13.2 Å². The van der Waals surface area contributed by atoms with Gasteiger partial charge >= 0.3 is 12.1 Å². The van der Waals surface area contributed by atoms with E-state index in [1.165, 1.54) is 0 Å². The fourth-order valence-corrected chi connectivity index (χ4v) is 3.29. The van der Waals surface area contributed by atoms with Crippen molar-refractivity contribution in [1.29, 1.82) is 0 Å². The highest BCUT2D eigenvalue weighted by atomic mass is 16.6. The van der Waals surface area contributed by atoms with Crippen molar-refractivity contribution in [3.63, 3.8) is 0 Å². The molecule has 2 unspecified atom stereocenters. The number of nitrogens with one attached hydrogen (secondary N) is 2. The van der Waals surface area contributed by atoms with E-state index in [4.69, 9.17) is 9.47 Å². The van der Waals surface area contributed by atoms with Crippen LogP contribution >= 0.6 is 0 Å². The Morgan fingerprint density at radius 2 is 2.12 bits per heavy atom. The quantitative estimate of drug-likeness (QED) is 0.763. The van der Waals surface area contributed by atoms with Crippen molar-refractivity contribution in [3.05, 3.63) is 23.9 Å². The van der Waals surface area contributed by atoms with Crippen molar-refractivity contribution >= 4 is 12.1 Å². The number of rotatable bonds is 4. The van der Waals surface area contributed by atoms with Crippen LogP contribution < -0.4 is 10.6 Å². The lowest BCUT2D eigenvalue weighted by Crippen LogP contribution is -2.49. The Bertz CT molecular complexity index is 548. The van der Waals surface area contributed by atoms with Crippen molar-refractivity contribution in [3.8, 4) is 0 Å². The van der Waals surface area contributed by atoms with E-state index in [-0.39, 0.29) is 23.8 Å². The summed E-state index contributed by atoms with van der Waals surface area (Å²) in [6.07, 6.45) is 8.06. The average molecular weight is 350 g/mol. The Labute approximate surface area is 150 Å². The van der Waals surface area contributed by atoms with Gasteiger partial charge in [-0.05, 0) is 65.5 Å². The Kier molecular flexibility index (Phi) is 6.64. The van der Waals surface area contributed by atoms with Crippen molar-refractivity contribution in [2.45, 2.75) is 58.6 Å². The average Bonchev–Trinajstić information content (AvgIpc) is 2.54. The molecule has 25 heavy (non-hydrogen) atoms. The maximum Gasteiger partial charge on any atom is 0.412 e. The zero-order valence-electron chi connectivity index (χ0n) is 15.6. The molecule has 1 aliphatic carbocycles. The lowest BCUT2D eigenvalue weighted by Gasteiger charge is -2.36. The summed E-state index contributed by atoms with van der Waals surface area (Å²) in [5.41, 5.74) is 0.207. The molecule has 3 atom stereocenters. The molecule has 1 saturated heterocycles. The van der Waals surface area contributed by atoms with Crippen LogP contribution in [0.4, 0.5) is 4.79 Å². The molecule has 2 aliphatic rings. The van der Waals surface area contributed by atoms with Gasteiger partial charge in [-0.2, -0.15) is 0 Å². The SMILES string of the molecule is CCOC(=O)C1CCCNC1[C@@H]1C=CC(NC(=O)OC(C)(C)C)=CC1. The predicted octanol–water partition coefficient (Wildman–Crippen LogP) is 2.90. The Morgan fingerprint density at radius 1 is 1.36 bits per heavy atom. The number of carbonyl (C=O) groups excluding carboxylic acids is 2. The third kappa shape index (κ3) is 5.88. The van der Waals surface area contributed by atoms with Crippen LogP contribution in [0.1, 0.15) is 47.0 Å². The predicted molar refractivity (Wildman–Crippen MR) is 95.8 cm³/mol. The van der Waals surface area contributed by atoms with Gasteiger partial charge in [0.25, 0.3) is 0 Å². The molecule has 6 heteroatoms. The van der Waals surface area contributed by atoms with E-state index in [1.54, 1.807) is 0 Å². The minimum Gasteiger partial charge on any atom is -0.466 e. The summed E-state index contributed by atoms with van der Waals surface area (Å²) in [6.45, 7) is 8.65. The highest BCUT2D eigenvalue weighted by Crippen LogP contribution is 2.29. The van der Waals surface area contributed by atoms with E-state index in [0.29, 0.717) is 6.61 Å². The first-order valence-electron chi connectivity index (χ1n) is 9.08. The van der Waals surface area contributed by atoms with Gasteiger partial charge in [0.15, 0.2) is 0 Å². The lowest BCUT2D eigenvalue weighted by molar-refractivity contribution is -0.150. The zero-order chi connectivity index (χ0) is 18.4. The van der Waals surface area contributed by atoms with Crippen molar-refractivity contribution < 1.29 is 19.1 Å². The van der Waals surface area contributed by atoms with Gasteiger partial charge in [0, 0.05) is 11.7 Å². The molecule has 1 amide bonds. The number of allylic oxidation sites excluding steroid dienone is 2. The molecule has 6 nitrogen and oxygen atoms in total. The molecule has 1 fully saturated rings. The molecule has 2 rings (SSSR count). The zero-order valence-corrected chi connectivity index (χ0v) is 15.6. The third-order valence-corrected chi connectivity index (χ3v) is 4.33. The van der Waals surface area contributed by atoms with Crippen LogP contribution in [-0.4, -0.2) is 36.9 Å². The highest BCUT2D eigenvalue weighted by Gasteiger charge is 2.36. The fourth-order valence-electron chi connectivity index (χ4n) is 3.29. The van der Waals surface area contributed by atoms with Gasteiger partial charge in [0.05, 0.1) is 12.5 Å². The van der Waals surface area contributed by atoms with Crippen LogP contribution in [0.25, 0.3) is 0 Å². The van der Waals surface area contributed by atoms with Crippen LogP contribution in [0.3, 0.4) is 0 Å².